The van der Waals surface area contributed by atoms with Crippen molar-refractivity contribution in [2.75, 3.05) is 6.61 Å². The van der Waals surface area contributed by atoms with Gasteiger partial charge in [0.05, 0.1) is 18.2 Å². The SMILES string of the molecule is CCOC(=O)C(C)c1csc(Br)n1. The third-order valence-corrected chi connectivity index (χ3v) is 2.96. The van der Waals surface area contributed by atoms with E-state index < -0.39 is 0 Å². The molecule has 5 heteroatoms. The molecule has 0 bridgehead atoms. The van der Waals surface area contributed by atoms with Crippen LogP contribution >= 0.6 is 27.3 Å². The largest absolute Gasteiger partial charge is 0.465 e. The van der Waals surface area contributed by atoms with Gasteiger partial charge in [-0.1, -0.05) is 0 Å². The van der Waals surface area contributed by atoms with Crippen LogP contribution in [-0.2, 0) is 9.53 Å². The number of thiazole rings is 1. The monoisotopic (exact) mass is 263 g/mol. The van der Waals surface area contributed by atoms with Crippen molar-refractivity contribution < 1.29 is 9.53 Å². The van der Waals surface area contributed by atoms with Gasteiger partial charge in [-0.25, -0.2) is 4.98 Å². The summed E-state index contributed by atoms with van der Waals surface area (Å²) in [5.74, 6) is -0.497. The zero-order valence-electron chi connectivity index (χ0n) is 7.41. The summed E-state index contributed by atoms with van der Waals surface area (Å²) in [5, 5.41) is 1.85. The molecule has 1 rings (SSSR count). The van der Waals surface area contributed by atoms with E-state index in [0.29, 0.717) is 6.61 Å². The second-order valence-electron chi connectivity index (χ2n) is 2.50. The lowest BCUT2D eigenvalue weighted by Crippen LogP contribution is -2.13. The van der Waals surface area contributed by atoms with Gasteiger partial charge >= 0.3 is 5.97 Å². The third kappa shape index (κ3) is 2.77. The normalized spacial score (nSPS) is 12.5. The fourth-order valence-corrected chi connectivity index (χ4v) is 1.97. The summed E-state index contributed by atoms with van der Waals surface area (Å²) < 4.78 is 5.67. The van der Waals surface area contributed by atoms with Gasteiger partial charge in [-0.3, -0.25) is 4.79 Å². The van der Waals surface area contributed by atoms with E-state index in [4.69, 9.17) is 4.74 Å². The molecule has 1 aromatic rings. The van der Waals surface area contributed by atoms with Crippen molar-refractivity contribution in [1.29, 1.82) is 0 Å². The highest BCUT2D eigenvalue weighted by Gasteiger charge is 2.18. The lowest BCUT2D eigenvalue weighted by atomic mass is 10.1. The molecule has 0 saturated heterocycles. The average molecular weight is 264 g/mol. The quantitative estimate of drug-likeness (QED) is 0.787. The van der Waals surface area contributed by atoms with E-state index in [9.17, 15) is 4.79 Å². The summed E-state index contributed by atoms with van der Waals surface area (Å²) in [6, 6.07) is 0. The Hall–Kier alpha value is -0.420. The average Bonchev–Trinajstić information content (AvgIpc) is 2.51. The first kappa shape index (κ1) is 10.7. The Morgan fingerprint density at radius 3 is 3.00 bits per heavy atom. The summed E-state index contributed by atoms with van der Waals surface area (Å²) in [6.07, 6.45) is 0. The zero-order chi connectivity index (χ0) is 9.84. The number of aromatic nitrogens is 1. The predicted octanol–water partition coefficient (Wildman–Crippen LogP) is 2.57. The standard InChI is InChI=1S/C8H10BrNO2S/c1-3-12-7(11)5(2)6-4-13-8(9)10-6/h4-5H,3H2,1-2H3. The molecule has 1 unspecified atom stereocenters. The van der Waals surface area contributed by atoms with E-state index in [1.807, 2.05) is 5.38 Å². The minimum absolute atomic E-state index is 0.222. The van der Waals surface area contributed by atoms with E-state index in [1.54, 1.807) is 13.8 Å². The van der Waals surface area contributed by atoms with Crippen molar-refractivity contribution in [3.05, 3.63) is 15.0 Å². The maximum Gasteiger partial charge on any atom is 0.314 e. The second kappa shape index (κ2) is 4.72. The molecule has 0 N–H and O–H groups in total. The molecule has 0 saturated carbocycles. The summed E-state index contributed by atoms with van der Waals surface area (Å²) in [7, 11) is 0. The molecule has 0 amide bonds. The smallest absolute Gasteiger partial charge is 0.314 e. The van der Waals surface area contributed by atoms with E-state index in [0.717, 1.165) is 9.61 Å². The van der Waals surface area contributed by atoms with E-state index in [1.165, 1.54) is 11.3 Å². The molecule has 0 aliphatic rings. The van der Waals surface area contributed by atoms with Crippen LogP contribution in [0.3, 0.4) is 0 Å². The fraction of sp³-hybridized carbons (Fsp3) is 0.500. The molecule has 0 aliphatic heterocycles. The number of carbonyl (C=O) groups excluding carboxylic acids is 1. The highest BCUT2D eigenvalue weighted by Crippen LogP contribution is 2.22. The van der Waals surface area contributed by atoms with Crippen molar-refractivity contribution in [2.45, 2.75) is 19.8 Å². The molecular weight excluding hydrogens is 254 g/mol. The van der Waals surface area contributed by atoms with Gasteiger partial charge in [0.25, 0.3) is 0 Å². The van der Waals surface area contributed by atoms with Crippen LogP contribution < -0.4 is 0 Å². The van der Waals surface area contributed by atoms with Crippen LogP contribution in [0, 0.1) is 0 Å². The van der Waals surface area contributed by atoms with Crippen LogP contribution in [-0.4, -0.2) is 17.6 Å². The number of hydrogen-bond acceptors (Lipinski definition) is 4. The maximum absolute atomic E-state index is 11.3. The number of esters is 1. The number of hydrogen-bond donors (Lipinski definition) is 0. The Balaban J connectivity index is 2.67. The van der Waals surface area contributed by atoms with Crippen LogP contribution in [0.5, 0.6) is 0 Å². The fourth-order valence-electron chi connectivity index (χ4n) is 0.850. The van der Waals surface area contributed by atoms with Crippen LogP contribution in [0.4, 0.5) is 0 Å². The summed E-state index contributed by atoms with van der Waals surface area (Å²) in [6.45, 7) is 4.00. The van der Waals surface area contributed by atoms with Crippen molar-refractivity contribution in [1.82, 2.24) is 4.98 Å². The lowest BCUT2D eigenvalue weighted by Gasteiger charge is -2.06. The molecule has 1 atom stereocenters. The van der Waals surface area contributed by atoms with Crippen molar-refractivity contribution in [3.63, 3.8) is 0 Å². The van der Waals surface area contributed by atoms with Crippen molar-refractivity contribution in [2.24, 2.45) is 0 Å². The predicted molar refractivity (Wildman–Crippen MR) is 54.9 cm³/mol. The maximum atomic E-state index is 11.3. The number of ether oxygens (including phenoxy) is 1. The number of halogens is 1. The Bertz CT molecular complexity index is 300. The Morgan fingerprint density at radius 1 is 1.85 bits per heavy atom. The van der Waals surface area contributed by atoms with Crippen molar-refractivity contribution >= 4 is 33.2 Å². The Kier molecular flexibility index (Phi) is 3.87. The minimum atomic E-state index is -0.275. The summed E-state index contributed by atoms with van der Waals surface area (Å²) >= 11 is 4.71. The van der Waals surface area contributed by atoms with E-state index >= 15 is 0 Å². The van der Waals surface area contributed by atoms with Gasteiger partial charge in [-0.15, -0.1) is 11.3 Å². The first-order valence-electron chi connectivity index (χ1n) is 3.92. The van der Waals surface area contributed by atoms with Gasteiger partial charge in [0.1, 0.15) is 0 Å². The molecule has 72 valence electrons. The Labute approximate surface area is 89.3 Å². The van der Waals surface area contributed by atoms with Crippen molar-refractivity contribution in [3.8, 4) is 0 Å². The van der Waals surface area contributed by atoms with Gasteiger partial charge in [-0.2, -0.15) is 0 Å². The van der Waals surface area contributed by atoms with Gasteiger partial charge in [0.15, 0.2) is 3.92 Å². The minimum Gasteiger partial charge on any atom is -0.465 e. The molecule has 1 aromatic heterocycles. The molecule has 0 aromatic carbocycles. The highest BCUT2D eigenvalue weighted by molar-refractivity contribution is 9.11. The Morgan fingerprint density at radius 2 is 2.54 bits per heavy atom. The second-order valence-corrected chi connectivity index (χ2v) is 4.63. The first-order valence-corrected chi connectivity index (χ1v) is 5.60. The molecule has 0 fully saturated rings. The third-order valence-electron chi connectivity index (χ3n) is 1.58. The molecule has 13 heavy (non-hydrogen) atoms. The number of nitrogens with zero attached hydrogens (tertiary/aromatic N) is 1. The molecule has 0 aliphatic carbocycles. The molecule has 3 nitrogen and oxygen atoms in total. The van der Waals surface area contributed by atoms with Crippen LogP contribution in [0.1, 0.15) is 25.5 Å². The number of carbonyl (C=O) groups is 1. The summed E-state index contributed by atoms with van der Waals surface area (Å²) in [5.41, 5.74) is 0.760. The van der Waals surface area contributed by atoms with E-state index in [2.05, 4.69) is 20.9 Å². The topological polar surface area (TPSA) is 39.2 Å². The number of rotatable bonds is 3. The highest BCUT2D eigenvalue weighted by atomic mass is 79.9. The molecular formula is C8H10BrNO2S. The van der Waals surface area contributed by atoms with Gasteiger partial charge < -0.3 is 4.74 Å². The lowest BCUT2D eigenvalue weighted by molar-refractivity contribution is -0.144. The van der Waals surface area contributed by atoms with Gasteiger partial charge in [-0.05, 0) is 29.8 Å². The van der Waals surface area contributed by atoms with Gasteiger partial charge in [0.2, 0.25) is 0 Å². The van der Waals surface area contributed by atoms with Crippen LogP contribution in [0.15, 0.2) is 9.30 Å². The van der Waals surface area contributed by atoms with Crippen LogP contribution in [0.25, 0.3) is 0 Å². The van der Waals surface area contributed by atoms with Crippen LogP contribution in [0.2, 0.25) is 0 Å². The van der Waals surface area contributed by atoms with Gasteiger partial charge in [0, 0.05) is 5.38 Å². The summed E-state index contributed by atoms with van der Waals surface area (Å²) in [4.78, 5) is 15.4. The first-order chi connectivity index (χ1) is 6.15. The molecule has 0 radical (unpaired) electrons. The molecule has 0 spiro atoms. The van der Waals surface area contributed by atoms with E-state index in [-0.39, 0.29) is 11.9 Å². The zero-order valence-corrected chi connectivity index (χ0v) is 9.81. The molecule has 1 heterocycles.